The molecule has 0 spiro atoms. The first kappa shape index (κ1) is 16.1. The Kier molecular flexibility index (Phi) is 6.25. The van der Waals surface area contributed by atoms with E-state index in [2.05, 4.69) is 21.2 Å². The van der Waals surface area contributed by atoms with Crippen LogP contribution in [0.15, 0.2) is 10.5 Å². The molecule has 1 N–H and O–H groups in total. The van der Waals surface area contributed by atoms with Crippen molar-refractivity contribution < 1.29 is 4.74 Å². The monoisotopic (exact) mass is 353 g/mol. The topological polar surface area (TPSA) is 21.3 Å². The summed E-state index contributed by atoms with van der Waals surface area (Å²) in [6.45, 7) is 6.09. The first-order valence-corrected chi connectivity index (χ1v) is 7.09. The highest BCUT2D eigenvalue weighted by Gasteiger charge is 2.17. The van der Waals surface area contributed by atoms with Gasteiger partial charge in [0.2, 0.25) is 0 Å². The summed E-state index contributed by atoms with van der Waals surface area (Å²) >= 11 is 9.77. The van der Waals surface area contributed by atoms with E-state index in [0.717, 1.165) is 52.3 Å². The van der Waals surface area contributed by atoms with Gasteiger partial charge in [-0.05, 0) is 72.9 Å². The maximum absolute atomic E-state index is 6.20. The van der Waals surface area contributed by atoms with Crippen molar-refractivity contribution in [2.45, 2.75) is 32.8 Å². The SMILES string of the molecule is Cc1cc(OC2CCNCC2)c(Br)c(C)c1Cl.Cl. The maximum Gasteiger partial charge on any atom is 0.134 e. The van der Waals surface area contributed by atoms with E-state index >= 15 is 0 Å². The molecule has 0 unspecified atom stereocenters. The minimum atomic E-state index is 0. The van der Waals surface area contributed by atoms with Crippen molar-refractivity contribution in [3.05, 3.63) is 26.7 Å². The summed E-state index contributed by atoms with van der Waals surface area (Å²) in [5.74, 6) is 0.913. The third kappa shape index (κ3) is 3.53. The normalized spacial score (nSPS) is 16.2. The lowest BCUT2D eigenvalue weighted by atomic mass is 10.1. The Bertz CT molecular complexity index is 420. The number of hydrogen-bond donors (Lipinski definition) is 1. The molecule has 0 radical (unpaired) electrons. The van der Waals surface area contributed by atoms with E-state index in [1.165, 1.54) is 0 Å². The molecule has 0 aromatic heterocycles. The lowest BCUT2D eigenvalue weighted by molar-refractivity contribution is 0.161. The van der Waals surface area contributed by atoms with Crippen LogP contribution in [0.5, 0.6) is 5.75 Å². The number of aryl methyl sites for hydroxylation is 1. The second-order valence-corrected chi connectivity index (χ2v) is 5.68. The van der Waals surface area contributed by atoms with Gasteiger partial charge < -0.3 is 10.1 Å². The number of ether oxygens (including phenoxy) is 1. The van der Waals surface area contributed by atoms with Crippen LogP contribution < -0.4 is 10.1 Å². The molecule has 1 saturated heterocycles. The van der Waals surface area contributed by atoms with E-state index in [9.17, 15) is 0 Å². The molecule has 1 aliphatic rings. The molecule has 0 atom stereocenters. The summed E-state index contributed by atoms with van der Waals surface area (Å²) in [7, 11) is 0. The Morgan fingerprint density at radius 2 is 1.94 bits per heavy atom. The third-order valence-electron chi connectivity index (χ3n) is 3.15. The van der Waals surface area contributed by atoms with E-state index in [4.69, 9.17) is 16.3 Å². The number of benzene rings is 1. The van der Waals surface area contributed by atoms with Gasteiger partial charge in [0.1, 0.15) is 11.9 Å². The molecule has 1 aromatic carbocycles. The average Bonchev–Trinajstić information content (AvgIpc) is 2.35. The molecule has 2 nitrogen and oxygen atoms in total. The van der Waals surface area contributed by atoms with Crippen LogP contribution in [0.3, 0.4) is 0 Å². The van der Waals surface area contributed by atoms with Crippen molar-refractivity contribution in [2.24, 2.45) is 0 Å². The van der Waals surface area contributed by atoms with Crippen LogP contribution in [0.1, 0.15) is 24.0 Å². The quantitative estimate of drug-likeness (QED) is 0.856. The summed E-state index contributed by atoms with van der Waals surface area (Å²) in [6, 6.07) is 2.02. The fourth-order valence-corrected chi connectivity index (χ4v) is 2.75. The average molecular weight is 355 g/mol. The molecule has 1 fully saturated rings. The predicted octanol–water partition coefficient (Wildman–Crippen LogP) is 4.27. The molecule has 5 heteroatoms. The zero-order valence-corrected chi connectivity index (χ0v) is 13.7. The summed E-state index contributed by atoms with van der Waals surface area (Å²) < 4.78 is 7.04. The standard InChI is InChI=1S/C13H17BrClNO.ClH/c1-8-7-11(12(14)9(2)13(8)15)17-10-3-5-16-6-4-10;/h7,10,16H,3-6H2,1-2H3;1H. The number of halogens is 3. The second kappa shape index (κ2) is 6.99. The number of hydrogen-bond acceptors (Lipinski definition) is 2. The van der Waals surface area contributed by atoms with Gasteiger partial charge >= 0.3 is 0 Å². The molecule has 0 saturated carbocycles. The van der Waals surface area contributed by atoms with Crippen molar-refractivity contribution >= 4 is 39.9 Å². The van der Waals surface area contributed by atoms with Gasteiger partial charge in [-0.15, -0.1) is 12.4 Å². The van der Waals surface area contributed by atoms with Crippen LogP contribution in [0.4, 0.5) is 0 Å². The Balaban J connectivity index is 0.00000162. The minimum absolute atomic E-state index is 0. The number of piperidine rings is 1. The Hall–Kier alpha value is 0.0400. The fourth-order valence-electron chi connectivity index (χ4n) is 2.08. The summed E-state index contributed by atoms with van der Waals surface area (Å²) in [5.41, 5.74) is 2.12. The molecular formula is C13H18BrCl2NO. The Labute approximate surface area is 128 Å². The van der Waals surface area contributed by atoms with Gasteiger partial charge in [0.25, 0.3) is 0 Å². The van der Waals surface area contributed by atoms with Gasteiger partial charge in [-0.25, -0.2) is 0 Å². The highest BCUT2D eigenvalue weighted by atomic mass is 79.9. The Morgan fingerprint density at radius 3 is 2.56 bits per heavy atom. The van der Waals surface area contributed by atoms with Crippen LogP contribution in [-0.2, 0) is 0 Å². The van der Waals surface area contributed by atoms with Crippen molar-refractivity contribution in [2.75, 3.05) is 13.1 Å². The van der Waals surface area contributed by atoms with Crippen LogP contribution in [0.2, 0.25) is 5.02 Å². The van der Waals surface area contributed by atoms with Gasteiger partial charge in [-0.1, -0.05) is 11.6 Å². The van der Waals surface area contributed by atoms with E-state index in [0.29, 0.717) is 6.10 Å². The first-order valence-electron chi connectivity index (χ1n) is 5.92. The second-order valence-electron chi connectivity index (χ2n) is 4.51. The van der Waals surface area contributed by atoms with Crippen LogP contribution in [-0.4, -0.2) is 19.2 Å². The summed E-state index contributed by atoms with van der Waals surface area (Å²) in [6.07, 6.45) is 2.44. The van der Waals surface area contributed by atoms with E-state index in [1.54, 1.807) is 0 Å². The molecule has 1 aromatic rings. The third-order valence-corrected chi connectivity index (χ3v) is 4.72. The minimum Gasteiger partial charge on any atom is -0.489 e. The Morgan fingerprint density at radius 1 is 1.33 bits per heavy atom. The van der Waals surface area contributed by atoms with Crippen LogP contribution >= 0.6 is 39.9 Å². The summed E-state index contributed by atoms with van der Waals surface area (Å²) in [4.78, 5) is 0. The van der Waals surface area contributed by atoms with E-state index in [1.807, 2.05) is 19.9 Å². The smallest absolute Gasteiger partial charge is 0.134 e. The molecule has 1 heterocycles. The fraction of sp³-hybridized carbons (Fsp3) is 0.538. The van der Waals surface area contributed by atoms with Crippen LogP contribution in [0.25, 0.3) is 0 Å². The van der Waals surface area contributed by atoms with E-state index in [-0.39, 0.29) is 12.4 Å². The van der Waals surface area contributed by atoms with Crippen molar-refractivity contribution in [3.8, 4) is 5.75 Å². The maximum atomic E-state index is 6.20. The molecule has 0 amide bonds. The molecule has 0 aliphatic carbocycles. The van der Waals surface area contributed by atoms with Gasteiger partial charge in [0.05, 0.1) is 4.47 Å². The first-order chi connectivity index (χ1) is 8.09. The van der Waals surface area contributed by atoms with Crippen molar-refractivity contribution in [3.63, 3.8) is 0 Å². The van der Waals surface area contributed by atoms with Crippen LogP contribution in [0, 0.1) is 13.8 Å². The highest BCUT2D eigenvalue weighted by Crippen LogP contribution is 2.36. The molecule has 2 rings (SSSR count). The lowest BCUT2D eigenvalue weighted by Crippen LogP contribution is -2.34. The molecule has 18 heavy (non-hydrogen) atoms. The zero-order valence-electron chi connectivity index (χ0n) is 10.6. The van der Waals surface area contributed by atoms with E-state index < -0.39 is 0 Å². The molecule has 0 bridgehead atoms. The summed E-state index contributed by atoms with van der Waals surface area (Å²) in [5, 5.41) is 4.15. The molecule has 1 aliphatic heterocycles. The largest absolute Gasteiger partial charge is 0.489 e. The zero-order chi connectivity index (χ0) is 12.4. The van der Waals surface area contributed by atoms with Gasteiger partial charge in [-0.2, -0.15) is 0 Å². The predicted molar refractivity (Wildman–Crippen MR) is 82.4 cm³/mol. The number of rotatable bonds is 2. The van der Waals surface area contributed by atoms with Gasteiger partial charge in [0, 0.05) is 5.02 Å². The van der Waals surface area contributed by atoms with Crippen molar-refractivity contribution in [1.29, 1.82) is 0 Å². The molecule has 102 valence electrons. The van der Waals surface area contributed by atoms with Gasteiger partial charge in [-0.3, -0.25) is 0 Å². The van der Waals surface area contributed by atoms with Gasteiger partial charge in [0.15, 0.2) is 0 Å². The highest BCUT2D eigenvalue weighted by molar-refractivity contribution is 9.10. The molecular weight excluding hydrogens is 337 g/mol. The number of nitrogens with one attached hydrogen (secondary N) is 1. The lowest BCUT2D eigenvalue weighted by Gasteiger charge is -2.25. The van der Waals surface area contributed by atoms with Crippen molar-refractivity contribution in [1.82, 2.24) is 5.32 Å².